The molecular formula is C27H58INO. The molecule has 0 fully saturated rings. The van der Waals surface area contributed by atoms with Crippen LogP contribution in [0, 0.1) is 0 Å². The fourth-order valence-electron chi connectivity index (χ4n) is 4.55. The second-order valence-electron chi connectivity index (χ2n) is 9.88. The second-order valence-corrected chi connectivity index (χ2v) is 9.88. The predicted molar refractivity (Wildman–Crippen MR) is 132 cm³/mol. The van der Waals surface area contributed by atoms with Crippen molar-refractivity contribution in [3.63, 3.8) is 0 Å². The summed E-state index contributed by atoms with van der Waals surface area (Å²) < 4.78 is 1.24. The van der Waals surface area contributed by atoms with E-state index in [-0.39, 0.29) is 24.0 Å². The third-order valence-electron chi connectivity index (χ3n) is 6.71. The molecule has 3 heteroatoms. The maximum atomic E-state index is 9.16. The van der Waals surface area contributed by atoms with Gasteiger partial charge < -0.3 is 33.6 Å². The molecule has 0 amide bonds. The number of quaternary nitrogens is 1. The van der Waals surface area contributed by atoms with Crippen molar-refractivity contribution in [1.29, 1.82) is 0 Å². The molecule has 0 bridgehead atoms. The molecule has 0 aliphatic carbocycles. The van der Waals surface area contributed by atoms with E-state index < -0.39 is 0 Å². The van der Waals surface area contributed by atoms with Crippen LogP contribution in [-0.2, 0) is 0 Å². The Morgan fingerprint density at radius 1 is 0.433 bits per heavy atom. The summed E-state index contributed by atoms with van der Waals surface area (Å²) >= 11 is 0. The maximum absolute atomic E-state index is 9.16. The Balaban J connectivity index is 0. The van der Waals surface area contributed by atoms with E-state index in [2.05, 4.69) is 20.9 Å². The lowest BCUT2D eigenvalue weighted by Gasteiger charge is -2.35. The Morgan fingerprint density at radius 3 is 1.00 bits per heavy atom. The van der Waals surface area contributed by atoms with Crippen LogP contribution < -0.4 is 24.0 Å². The third kappa shape index (κ3) is 23.3. The Morgan fingerprint density at radius 2 is 0.700 bits per heavy atom. The summed E-state index contributed by atoms with van der Waals surface area (Å²) in [5.74, 6) is 0. The van der Waals surface area contributed by atoms with E-state index in [1.807, 2.05) is 0 Å². The number of aliphatic hydroxyl groups excluding tert-OH is 1. The highest BCUT2D eigenvalue weighted by Crippen LogP contribution is 2.16. The lowest BCUT2D eigenvalue weighted by atomic mass is 10.1. The number of halogens is 1. The number of hydrogen-bond acceptors (Lipinski definition) is 1. The normalized spacial score (nSPS) is 11.6. The van der Waals surface area contributed by atoms with Gasteiger partial charge in [0.1, 0.15) is 0 Å². The van der Waals surface area contributed by atoms with Crippen molar-refractivity contribution >= 4 is 0 Å². The Labute approximate surface area is 208 Å². The highest BCUT2D eigenvalue weighted by molar-refractivity contribution is 4.51. The molecule has 2 nitrogen and oxygen atoms in total. The van der Waals surface area contributed by atoms with E-state index in [4.69, 9.17) is 5.11 Å². The molecule has 0 aromatic carbocycles. The van der Waals surface area contributed by atoms with E-state index in [9.17, 15) is 0 Å². The van der Waals surface area contributed by atoms with Gasteiger partial charge in [-0.05, 0) is 38.5 Å². The molecule has 0 spiro atoms. The van der Waals surface area contributed by atoms with Crippen LogP contribution in [0.15, 0.2) is 0 Å². The number of unbranched alkanes of at least 4 members (excludes halogenated alkanes) is 17. The van der Waals surface area contributed by atoms with Crippen molar-refractivity contribution in [2.24, 2.45) is 0 Å². The van der Waals surface area contributed by atoms with Gasteiger partial charge in [0.2, 0.25) is 0 Å². The van der Waals surface area contributed by atoms with Crippen molar-refractivity contribution in [3.05, 3.63) is 0 Å². The molecule has 0 unspecified atom stereocenters. The molecule has 184 valence electrons. The number of hydrogen-bond donors (Lipinski definition) is 1. The van der Waals surface area contributed by atoms with E-state index in [0.717, 1.165) is 6.42 Å². The van der Waals surface area contributed by atoms with Crippen LogP contribution in [-0.4, -0.2) is 42.9 Å². The molecule has 0 aromatic heterocycles. The molecule has 0 aliphatic heterocycles. The van der Waals surface area contributed by atoms with Gasteiger partial charge in [-0.3, -0.25) is 0 Å². The minimum absolute atomic E-state index is 0. The van der Waals surface area contributed by atoms with Gasteiger partial charge in [0.15, 0.2) is 0 Å². The molecule has 0 atom stereocenters. The fraction of sp³-hybridized carbons (Fsp3) is 1.00. The van der Waals surface area contributed by atoms with E-state index in [1.165, 1.54) is 146 Å². The Hall–Kier alpha value is 0.650. The topological polar surface area (TPSA) is 20.2 Å². The van der Waals surface area contributed by atoms with E-state index in [1.54, 1.807) is 0 Å². The van der Waals surface area contributed by atoms with Crippen LogP contribution in [0.4, 0.5) is 0 Å². The zero-order valence-electron chi connectivity index (χ0n) is 21.2. The summed E-state index contributed by atoms with van der Waals surface area (Å²) in [6.45, 7) is 8.90. The highest BCUT2D eigenvalue weighted by Gasteiger charge is 2.20. The molecule has 0 saturated heterocycles. The first kappa shape index (κ1) is 32.8. The van der Waals surface area contributed by atoms with Crippen LogP contribution in [0.2, 0.25) is 0 Å². The van der Waals surface area contributed by atoms with Crippen molar-refractivity contribution in [1.82, 2.24) is 0 Å². The summed E-state index contributed by atoms with van der Waals surface area (Å²) in [6, 6.07) is 0. The van der Waals surface area contributed by atoms with Gasteiger partial charge in [0.05, 0.1) is 26.7 Å². The summed E-state index contributed by atoms with van der Waals surface area (Å²) in [6.07, 6.45) is 27.7. The molecular weight excluding hydrogens is 481 g/mol. The largest absolute Gasteiger partial charge is 1.00 e. The van der Waals surface area contributed by atoms with Gasteiger partial charge >= 0.3 is 0 Å². The van der Waals surface area contributed by atoms with Gasteiger partial charge in [0, 0.05) is 6.61 Å². The molecule has 0 heterocycles. The van der Waals surface area contributed by atoms with Crippen LogP contribution in [0.3, 0.4) is 0 Å². The van der Waals surface area contributed by atoms with Crippen molar-refractivity contribution in [2.45, 2.75) is 142 Å². The molecule has 0 radical (unpaired) electrons. The van der Waals surface area contributed by atoms with Gasteiger partial charge in [-0.15, -0.1) is 0 Å². The lowest BCUT2D eigenvalue weighted by molar-refractivity contribution is -0.910. The highest BCUT2D eigenvalue weighted by atomic mass is 127. The molecule has 0 aliphatic rings. The molecule has 0 rings (SSSR count). The van der Waals surface area contributed by atoms with Crippen molar-refractivity contribution in [3.8, 4) is 0 Å². The Kier molecular flexibility index (Phi) is 28.3. The first-order valence-electron chi connectivity index (χ1n) is 13.6. The molecule has 1 N–H and O–H groups in total. The smallest absolute Gasteiger partial charge is 0.0785 e. The number of nitrogens with zero attached hydrogens (tertiary/aromatic N) is 1. The summed E-state index contributed by atoms with van der Waals surface area (Å²) in [5, 5.41) is 9.16. The van der Waals surface area contributed by atoms with Crippen LogP contribution in [0.5, 0.6) is 0 Å². The number of aliphatic hydroxyl groups is 1. The average molecular weight is 540 g/mol. The van der Waals surface area contributed by atoms with Gasteiger partial charge in [0.25, 0.3) is 0 Å². The standard InChI is InChI=1S/C27H58NO.HI/c1-4-6-8-10-12-14-16-18-20-24-28(3,26-22-23-27-29)25-21-19-17-15-13-11-9-7-5-2;/h29H,4-27H2,1-3H3;1H/q+1;/p-1. The van der Waals surface area contributed by atoms with Crippen LogP contribution >= 0.6 is 0 Å². The van der Waals surface area contributed by atoms with E-state index in [0.29, 0.717) is 6.61 Å². The average Bonchev–Trinajstić information content (AvgIpc) is 2.72. The zero-order valence-corrected chi connectivity index (χ0v) is 23.4. The van der Waals surface area contributed by atoms with Crippen molar-refractivity contribution in [2.75, 3.05) is 33.3 Å². The first-order chi connectivity index (χ1) is 14.2. The summed E-state index contributed by atoms with van der Waals surface area (Å²) in [5.41, 5.74) is 0. The van der Waals surface area contributed by atoms with Gasteiger partial charge in [-0.1, -0.05) is 104 Å². The zero-order chi connectivity index (χ0) is 21.5. The molecule has 0 aromatic rings. The Bertz CT molecular complexity index is 289. The minimum atomic E-state index is 0. The monoisotopic (exact) mass is 539 g/mol. The molecule has 0 saturated carbocycles. The van der Waals surface area contributed by atoms with E-state index >= 15 is 0 Å². The van der Waals surface area contributed by atoms with Gasteiger partial charge in [-0.25, -0.2) is 0 Å². The quantitative estimate of drug-likeness (QED) is 0.101. The summed E-state index contributed by atoms with van der Waals surface area (Å²) in [7, 11) is 2.48. The SMILES string of the molecule is CCCCCCCCCCC[N+](C)(CCCCO)CCCCCCCCCCC.[I-]. The fourth-order valence-corrected chi connectivity index (χ4v) is 4.55. The van der Waals surface area contributed by atoms with Crippen molar-refractivity contribution < 1.29 is 33.6 Å². The lowest BCUT2D eigenvalue weighted by Crippen LogP contribution is -3.00. The third-order valence-corrected chi connectivity index (χ3v) is 6.71. The first-order valence-corrected chi connectivity index (χ1v) is 13.6. The minimum Gasteiger partial charge on any atom is -1.00 e. The summed E-state index contributed by atoms with van der Waals surface area (Å²) in [4.78, 5) is 0. The number of rotatable bonds is 24. The predicted octanol–water partition coefficient (Wildman–Crippen LogP) is 5.27. The second kappa shape index (κ2) is 25.9. The molecule has 30 heavy (non-hydrogen) atoms. The van der Waals surface area contributed by atoms with Crippen LogP contribution in [0.1, 0.15) is 142 Å². The maximum Gasteiger partial charge on any atom is 0.0785 e. The van der Waals surface area contributed by atoms with Gasteiger partial charge in [-0.2, -0.15) is 0 Å². The van der Waals surface area contributed by atoms with Crippen LogP contribution in [0.25, 0.3) is 0 Å².